The summed E-state index contributed by atoms with van der Waals surface area (Å²) in [6, 6.07) is 11.9. The molecular formula is C17H16N4OS. The molecule has 0 atom stereocenters. The first-order chi connectivity index (χ1) is 11.2. The molecule has 0 saturated heterocycles. The van der Waals surface area contributed by atoms with Crippen LogP contribution in [0.3, 0.4) is 0 Å². The van der Waals surface area contributed by atoms with Gasteiger partial charge in [0, 0.05) is 18.0 Å². The predicted octanol–water partition coefficient (Wildman–Crippen LogP) is 3.32. The molecular weight excluding hydrogens is 308 g/mol. The third-order valence-electron chi connectivity index (χ3n) is 3.33. The maximum atomic E-state index is 11.3. The Kier molecular flexibility index (Phi) is 4.52. The number of nitrogens with zero attached hydrogens (tertiary/aromatic N) is 4. The van der Waals surface area contributed by atoms with Crippen LogP contribution >= 0.6 is 11.8 Å². The van der Waals surface area contributed by atoms with Gasteiger partial charge < -0.3 is 0 Å². The molecule has 0 unspecified atom stereocenters. The Morgan fingerprint density at radius 2 is 1.87 bits per heavy atom. The minimum Gasteiger partial charge on any atom is -0.299 e. The molecule has 0 bridgehead atoms. The zero-order valence-corrected chi connectivity index (χ0v) is 13.7. The van der Waals surface area contributed by atoms with Gasteiger partial charge in [-0.3, -0.25) is 14.3 Å². The molecule has 3 rings (SSSR count). The average molecular weight is 324 g/mol. The summed E-state index contributed by atoms with van der Waals surface area (Å²) in [6.45, 7) is 3.62. The topological polar surface area (TPSA) is 60.7 Å². The molecule has 5 nitrogen and oxygen atoms in total. The van der Waals surface area contributed by atoms with Crippen LogP contribution in [-0.2, 0) is 4.79 Å². The Morgan fingerprint density at radius 3 is 2.57 bits per heavy atom. The van der Waals surface area contributed by atoms with Crippen molar-refractivity contribution in [3.63, 3.8) is 0 Å². The van der Waals surface area contributed by atoms with Crippen LogP contribution in [0.5, 0.6) is 0 Å². The minimum absolute atomic E-state index is 0.111. The molecule has 0 aliphatic carbocycles. The summed E-state index contributed by atoms with van der Waals surface area (Å²) in [7, 11) is 0. The number of benzene rings is 1. The molecule has 0 radical (unpaired) electrons. The minimum atomic E-state index is 0.111. The van der Waals surface area contributed by atoms with Gasteiger partial charge in [0.15, 0.2) is 11.0 Å². The molecule has 23 heavy (non-hydrogen) atoms. The standard InChI is InChI=1S/C17H16N4OS/c1-12-5-3-4-6-15(12)21-16(14-7-9-18-10-8-14)19-20-17(21)23-11-13(2)22/h3-10H,11H2,1-2H3. The van der Waals surface area contributed by atoms with Crippen LogP contribution in [0, 0.1) is 6.92 Å². The molecule has 0 fully saturated rings. The second kappa shape index (κ2) is 6.75. The lowest BCUT2D eigenvalue weighted by molar-refractivity contribution is -0.114. The second-order valence-corrected chi connectivity index (χ2v) is 6.10. The summed E-state index contributed by atoms with van der Waals surface area (Å²) in [4.78, 5) is 15.4. The van der Waals surface area contributed by atoms with Gasteiger partial charge >= 0.3 is 0 Å². The lowest BCUT2D eigenvalue weighted by Crippen LogP contribution is -2.03. The molecule has 2 aromatic heterocycles. The molecule has 1 aromatic carbocycles. The zero-order valence-electron chi connectivity index (χ0n) is 12.9. The molecule has 6 heteroatoms. The van der Waals surface area contributed by atoms with Gasteiger partial charge in [-0.2, -0.15) is 0 Å². The first-order valence-electron chi connectivity index (χ1n) is 7.21. The van der Waals surface area contributed by atoms with E-state index >= 15 is 0 Å². The van der Waals surface area contributed by atoms with Crippen molar-refractivity contribution in [1.82, 2.24) is 19.7 Å². The number of para-hydroxylation sites is 1. The third-order valence-corrected chi connectivity index (χ3v) is 4.41. The normalized spacial score (nSPS) is 10.7. The maximum absolute atomic E-state index is 11.3. The van der Waals surface area contributed by atoms with Gasteiger partial charge in [0.25, 0.3) is 0 Å². The molecule has 0 aliphatic heterocycles. The Bertz CT molecular complexity index is 830. The third kappa shape index (κ3) is 3.32. The highest BCUT2D eigenvalue weighted by molar-refractivity contribution is 7.99. The van der Waals surface area contributed by atoms with Crippen LogP contribution in [0.2, 0.25) is 0 Å². The van der Waals surface area contributed by atoms with E-state index in [0.717, 1.165) is 22.6 Å². The number of thioether (sulfide) groups is 1. The number of carbonyl (C=O) groups excluding carboxylic acids is 1. The Labute approximate surface area is 138 Å². The SMILES string of the molecule is CC(=O)CSc1nnc(-c2ccncc2)n1-c1ccccc1C. The largest absolute Gasteiger partial charge is 0.299 e. The Balaban J connectivity index is 2.14. The number of ketones is 1. The van der Waals surface area contributed by atoms with Gasteiger partial charge in [0.2, 0.25) is 0 Å². The lowest BCUT2D eigenvalue weighted by atomic mass is 10.2. The highest BCUT2D eigenvalue weighted by Crippen LogP contribution is 2.29. The van der Waals surface area contributed by atoms with Crippen LogP contribution < -0.4 is 0 Å². The highest BCUT2D eigenvalue weighted by atomic mass is 32.2. The fourth-order valence-electron chi connectivity index (χ4n) is 2.25. The number of hydrogen-bond donors (Lipinski definition) is 0. The van der Waals surface area contributed by atoms with E-state index in [0.29, 0.717) is 10.9 Å². The number of hydrogen-bond acceptors (Lipinski definition) is 5. The molecule has 116 valence electrons. The first kappa shape index (κ1) is 15.4. The first-order valence-corrected chi connectivity index (χ1v) is 8.19. The van der Waals surface area contributed by atoms with Crippen molar-refractivity contribution in [2.24, 2.45) is 0 Å². The van der Waals surface area contributed by atoms with Crippen LogP contribution in [0.25, 0.3) is 17.1 Å². The van der Waals surface area contributed by atoms with Gasteiger partial charge in [-0.05, 0) is 37.6 Å². The number of aromatic nitrogens is 4. The van der Waals surface area contributed by atoms with Crippen LogP contribution in [-0.4, -0.2) is 31.3 Å². The molecule has 0 spiro atoms. The number of Topliss-reactive ketones (excluding diaryl/α,β-unsaturated/α-hetero) is 1. The number of pyridine rings is 1. The lowest BCUT2D eigenvalue weighted by Gasteiger charge is -2.12. The summed E-state index contributed by atoms with van der Waals surface area (Å²) < 4.78 is 2.00. The van der Waals surface area contributed by atoms with E-state index in [1.54, 1.807) is 19.3 Å². The number of aryl methyl sites for hydroxylation is 1. The van der Waals surface area contributed by atoms with Gasteiger partial charge in [0.05, 0.1) is 11.4 Å². The van der Waals surface area contributed by atoms with Crippen molar-refractivity contribution in [2.45, 2.75) is 19.0 Å². The van der Waals surface area contributed by atoms with E-state index in [2.05, 4.69) is 15.2 Å². The van der Waals surface area contributed by atoms with E-state index < -0.39 is 0 Å². The number of carbonyl (C=O) groups is 1. The van der Waals surface area contributed by atoms with E-state index in [1.165, 1.54) is 11.8 Å². The van der Waals surface area contributed by atoms with Crippen molar-refractivity contribution >= 4 is 17.5 Å². The Morgan fingerprint density at radius 1 is 1.13 bits per heavy atom. The summed E-state index contributed by atoms with van der Waals surface area (Å²) in [5, 5.41) is 9.33. The van der Waals surface area contributed by atoms with Gasteiger partial charge in [-0.15, -0.1) is 10.2 Å². The fourth-order valence-corrected chi connectivity index (χ4v) is 2.99. The van der Waals surface area contributed by atoms with Crippen molar-refractivity contribution in [2.75, 3.05) is 5.75 Å². The summed E-state index contributed by atoms with van der Waals surface area (Å²) in [6.07, 6.45) is 3.46. The smallest absolute Gasteiger partial charge is 0.196 e. The monoisotopic (exact) mass is 324 g/mol. The fraction of sp³-hybridized carbons (Fsp3) is 0.176. The van der Waals surface area contributed by atoms with E-state index in [9.17, 15) is 4.79 Å². The van der Waals surface area contributed by atoms with E-state index in [4.69, 9.17) is 0 Å². The molecule has 0 N–H and O–H groups in total. The van der Waals surface area contributed by atoms with Crippen molar-refractivity contribution in [1.29, 1.82) is 0 Å². The highest BCUT2D eigenvalue weighted by Gasteiger charge is 2.17. The van der Waals surface area contributed by atoms with Gasteiger partial charge in [-0.25, -0.2) is 0 Å². The van der Waals surface area contributed by atoms with E-state index in [-0.39, 0.29) is 5.78 Å². The quantitative estimate of drug-likeness (QED) is 0.674. The number of rotatable bonds is 5. The summed E-state index contributed by atoms with van der Waals surface area (Å²) in [5.41, 5.74) is 3.06. The van der Waals surface area contributed by atoms with Gasteiger partial charge in [-0.1, -0.05) is 30.0 Å². The molecule has 2 heterocycles. The van der Waals surface area contributed by atoms with Crippen molar-refractivity contribution in [3.05, 3.63) is 54.4 Å². The van der Waals surface area contributed by atoms with Crippen LogP contribution in [0.4, 0.5) is 0 Å². The predicted molar refractivity (Wildman–Crippen MR) is 90.7 cm³/mol. The molecule has 0 saturated carbocycles. The summed E-state index contributed by atoms with van der Waals surface area (Å²) in [5.74, 6) is 1.23. The maximum Gasteiger partial charge on any atom is 0.196 e. The van der Waals surface area contributed by atoms with Gasteiger partial charge in [0.1, 0.15) is 5.78 Å². The van der Waals surface area contributed by atoms with Crippen molar-refractivity contribution in [3.8, 4) is 17.1 Å². The van der Waals surface area contributed by atoms with E-state index in [1.807, 2.05) is 47.9 Å². The average Bonchev–Trinajstić information content (AvgIpc) is 2.98. The van der Waals surface area contributed by atoms with Crippen molar-refractivity contribution < 1.29 is 4.79 Å². The molecule has 0 aliphatic rings. The molecule has 0 amide bonds. The zero-order chi connectivity index (χ0) is 16.2. The molecule has 3 aromatic rings. The van der Waals surface area contributed by atoms with Crippen LogP contribution in [0.15, 0.2) is 53.9 Å². The summed E-state index contributed by atoms with van der Waals surface area (Å²) >= 11 is 1.40. The Hall–Kier alpha value is -2.47. The second-order valence-electron chi connectivity index (χ2n) is 5.15. The van der Waals surface area contributed by atoms with Crippen LogP contribution in [0.1, 0.15) is 12.5 Å².